The fraction of sp³-hybridized carbons (Fsp3) is 0.333. The summed E-state index contributed by atoms with van der Waals surface area (Å²) in [7, 11) is 3.88. The largest absolute Gasteiger partial charge is 0.381 e. The van der Waals surface area contributed by atoms with E-state index in [9.17, 15) is 4.79 Å². The molecule has 0 saturated carbocycles. The second-order valence-corrected chi connectivity index (χ2v) is 7.91. The number of ether oxygens (including phenoxy) is 1. The lowest BCUT2D eigenvalue weighted by atomic mass is 9.73. The first-order valence-corrected chi connectivity index (χ1v) is 10.5. The van der Waals surface area contributed by atoms with Crippen molar-refractivity contribution in [1.82, 2.24) is 20.3 Å². The van der Waals surface area contributed by atoms with E-state index in [0.29, 0.717) is 38.4 Å². The summed E-state index contributed by atoms with van der Waals surface area (Å²) in [6.45, 7) is 1.48. The van der Waals surface area contributed by atoms with E-state index in [2.05, 4.69) is 15.3 Å². The minimum atomic E-state index is -0.579. The van der Waals surface area contributed by atoms with Crippen molar-refractivity contribution in [3.8, 4) is 11.4 Å². The van der Waals surface area contributed by atoms with Crippen molar-refractivity contribution >= 4 is 11.7 Å². The van der Waals surface area contributed by atoms with E-state index >= 15 is 0 Å². The van der Waals surface area contributed by atoms with Crippen LogP contribution in [0.2, 0.25) is 0 Å². The number of nitrogens with zero attached hydrogens (tertiary/aromatic N) is 4. The van der Waals surface area contributed by atoms with E-state index < -0.39 is 5.41 Å². The number of amides is 1. The third-order valence-corrected chi connectivity index (χ3v) is 5.70. The predicted molar refractivity (Wildman–Crippen MR) is 120 cm³/mol. The standard InChI is InChI=1S/C24H27N5O2/c1-29(2)21-16-20(27-22(28-21)18-8-12-25-13-9-18)17-26-23(30)24(10-14-31-15-11-24)19-6-4-3-5-7-19/h3-9,12-13,16H,10-11,14-15,17H2,1-2H3,(H,26,30). The van der Waals surface area contributed by atoms with Gasteiger partial charge in [0.05, 0.1) is 17.7 Å². The number of rotatable bonds is 6. The second-order valence-electron chi connectivity index (χ2n) is 7.91. The zero-order valence-corrected chi connectivity index (χ0v) is 17.9. The third-order valence-electron chi connectivity index (χ3n) is 5.70. The van der Waals surface area contributed by atoms with E-state index in [-0.39, 0.29) is 5.91 Å². The highest BCUT2D eigenvalue weighted by molar-refractivity contribution is 5.88. The Morgan fingerprint density at radius 2 is 1.77 bits per heavy atom. The Bertz CT molecular complexity index is 1020. The molecule has 7 nitrogen and oxygen atoms in total. The lowest BCUT2D eigenvalue weighted by Crippen LogP contribution is -2.47. The molecular formula is C24H27N5O2. The molecule has 0 unspecified atom stereocenters. The minimum Gasteiger partial charge on any atom is -0.381 e. The molecule has 2 aromatic heterocycles. The van der Waals surface area contributed by atoms with Gasteiger partial charge in [0.2, 0.25) is 5.91 Å². The number of aromatic nitrogens is 3. The maximum Gasteiger partial charge on any atom is 0.231 e. The first-order valence-electron chi connectivity index (χ1n) is 10.5. The highest BCUT2D eigenvalue weighted by atomic mass is 16.5. The molecule has 31 heavy (non-hydrogen) atoms. The van der Waals surface area contributed by atoms with Gasteiger partial charge in [-0.15, -0.1) is 0 Å². The van der Waals surface area contributed by atoms with Crippen molar-refractivity contribution in [3.63, 3.8) is 0 Å². The number of benzene rings is 1. The molecule has 1 N–H and O–H groups in total. The normalized spacial score (nSPS) is 15.3. The van der Waals surface area contributed by atoms with Crippen molar-refractivity contribution < 1.29 is 9.53 Å². The Kier molecular flexibility index (Phi) is 6.23. The van der Waals surface area contributed by atoms with Gasteiger partial charge in [-0.2, -0.15) is 0 Å². The highest BCUT2D eigenvalue weighted by Gasteiger charge is 2.41. The zero-order chi connectivity index (χ0) is 21.7. The molecule has 0 atom stereocenters. The minimum absolute atomic E-state index is 0.0116. The van der Waals surface area contributed by atoms with Crippen LogP contribution in [0.1, 0.15) is 24.1 Å². The summed E-state index contributed by atoms with van der Waals surface area (Å²) in [5.41, 5.74) is 2.10. The van der Waals surface area contributed by atoms with Crippen LogP contribution in [-0.2, 0) is 21.5 Å². The molecule has 160 valence electrons. The van der Waals surface area contributed by atoms with Crippen molar-refractivity contribution in [2.75, 3.05) is 32.2 Å². The van der Waals surface area contributed by atoms with E-state index in [1.54, 1.807) is 12.4 Å². The number of hydrogen-bond donors (Lipinski definition) is 1. The molecule has 0 aliphatic carbocycles. The molecule has 1 aliphatic heterocycles. The molecule has 0 bridgehead atoms. The molecule has 3 aromatic rings. The molecule has 7 heteroatoms. The highest BCUT2D eigenvalue weighted by Crippen LogP contribution is 2.35. The van der Waals surface area contributed by atoms with Crippen molar-refractivity contribution in [2.24, 2.45) is 0 Å². The zero-order valence-electron chi connectivity index (χ0n) is 17.9. The average Bonchev–Trinajstić information content (AvgIpc) is 2.84. The average molecular weight is 418 g/mol. The monoisotopic (exact) mass is 417 g/mol. The van der Waals surface area contributed by atoms with Gasteiger partial charge < -0.3 is 15.0 Å². The van der Waals surface area contributed by atoms with E-state index in [1.807, 2.05) is 67.5 Å². The van der Waals surface area contributed by atoms with Gasteiger partial charge in [0, 0.05) is 51.3 Å². The molecule has 1 aliphatic rings. The Hall–Kier alpha value is -3.32. The summed E-state index contributed by atoms with van der Waals surface area (Å²) < 4.78 is 5.55. The maximum atomic E-state index is 13.4. The van der Waals surface area contributed by atoms with Crippen LogP contribution in [0.3, 0.4) is 0 Å². The van der Waals surface area contributed by atoms with Crippen molar-refractivity contribution in [2.45, 2.75) is 24.8 Å². The SMILES string of the molecule is CN(C)c1cc(CNC(=O)C2(c3ccccc3)CCOCC2)nc(-c2ccncc2)n1. The lowest BCUT2D eigenvalue weighted by molar-refractivity contribution is -0.130. The van der Waals surface area contributed by atoms with Crippen molar-refractivity contribution in [1.29, 1.82) is 0 Å². The fourth-order valence-electron chi connectivity index (χ4n) is 3.90. The first-order chi connectivity index (χ1) is 15.1. The Morgan fingerprint density at radius 1 is 1.06 bits per heavy atom. The van der Waals surface area contributed by atoms with Gasteiger partial charge in [0.1, 0.15) is 5.82 Å². The van der Waals surface area contributed by atoms with Gasteiger partial charge in [-0.1, -0.05) is 30.3 Å². The Balaban J connectivity index is 1.59. The van der Waals surface area contributed by atoms with E-state index in [1.165, 1.54) is 0 Å². The number of hydrogen-bond acceptors (Lipinski definition) is 6. The number of carbonyl (C=O) groups excluding carboxylic acids is 1. The van der Waals surface area contributed by atoms with Gasteiger partial charge in [-0.3, -0.25) is 9.78 Å². The third kappa shape index (κ3) is 4.56. The van der Waals surface area contributed by atoms with Crippen LogP contribution in [0, 0.1) is 0 Å². The Morgan fingerprint density at radius 3 is 2.45 bits per heavy atom. The van der Waals surface area contributed by atoms with E-state index in [4.69, 9.17) is 9.72 Å². The van der Waals surface area contributed by atoms with Gasteiger partial charge in [0.25, 0.3) is 0 Å². The van der Waals surface area contributed by atoms with Crippen LogP contribution in [0.4, 0.5) is 5.82 Å². The van der Waals surface area contributed by atoms with Crippen LogP contribution in [0.5, 0.6) is 0 Å². The summed E-state index contributed by atoms with van der Waals surface area (Å²) in [6.07, 6.45) is 4.77. The molecule has 4 rings (SSSR count). The molecule has 0 radical (unpaired) electrons. The van der Waals surface area contributed by atoms with Gasteiger partial charge in [0.15, 0.2) is 5.82 Å². The second kappa shape index (κ2) is 9.22. The number of pyridine rings is 1. The van der Waals surface area contributed by atoms with Crippen LogP contribution >= 0.6 is 0 Å². The van der Waals surface area contributed by atoms with Gasteiger partial charge in [-0.05, 0) is 30.5 Å². The molecule has 1 fully saturated rings. The fourth-order valence-corrected chi connectivity index (χ4v) is 3.90. The lowest BCUT2D eigenvalue weighted by Gasteiger charge is -2.36. The molecule has 1 saturated heterocycles. The summed E-state index contributed by atoms with van der Waals surface area (Å²) in [5.74, 6) is 1.41. The van der Waals surface area contributed by atoms with Crippen molar-refractivity contribution in [3.05, 3.63) is 72.2 Å². The van der Waals surface area contributed by atoms with E-state index in [0.717, 1.165) is 22.6 Å². The van der Waals surface area contributed by atoms with Crippen LogP contribution in [0.15, 0.2) is 60.9 Å². The molecular weight excluding hydrogens is 390 g/mol. The molecule has 3 heterocycles. The van der Waals surface area contributed by atoms with Gasteiger partial charge >= 0.3 is 0 Å². The predicted octanol–water partition coefficient (Wildman–Crippen LogP) is 2.97. The maximum absolute atomic E-state index is 13.4. The summed E-state index contributed by atoms with van der Waals surface area (Å²) in [5, 5.41) is 3.14. The quantitative estimate of drug-likeness (QED) is 0.664. The molecule has 1 aromatic carbocycles. The summed E-state index contributed by atoms with van der Waals surface area (Å²) >= 11 is 0. The number of nitrogens with one attached hydrogen (secondary N) is 1. The molecule has 0 spiro atoms. The first kappa shape index (κ1) is 20.9. The van der Waals surface area contributed by atoms with Crippen LogP contribution < -0.4 is 10.2 Å². The topological polar surface area (TPSA) is 80.2 Å². The van der Waals surface area contributed by atoms with Gasteiger partial charge in [-0.25, -0.2) is 9.97 Å². The molecule has 1 amide bonds. The van der Waals surface area contributed by atoms with Crippen LogP contribution in [0.25, 0.3) is 11.4 Å². The van der Waals surface area contributed by atoms with Crippen LogP contribution in [-0.4, -0.2) is 48.2 Å². The smallest absolute Gasteiger partial charge is 0.231 e. The number of carbonyl (C=O) groups is 1. The Labute approximate surface area is 182 Å². The summed E-state index contributed by atoms with van der Waals surface area (Å²) in [6, 6.07) is 15.7. The summed E-state index contributed by atoms with van der Waals surface area (Å²) in [4.78, 5) is 28.8. The number of anilines is 1.